The second kappa shape index (κ2) is 8.49. The first-order valence-corrected chi connectivity index (χ1v) is 8.66. The molecule has 0 unspecified atom stereocenters. The van der Waals surface area contributed by atoms with Crippen LogP contribution in [0.4, 0.5) is 4.39 Å². The molecular weight excluding hydrogens is 347 g/mol. The third-order valence-corrected chi connectivity index (χ3v) is 4.26. The van der Waals surface area contributed by atoms with Crippen molar-refractivity contribution in [3.8, 4) is 5.75 Å². The van der Waals surface area contributed by atoms with Gasteiger partial charge in [-0.1, -0.05) is 29.4 Å². The Hall–Kier alpha value is -3.15. The fourth-order valence-corrected chi connectivity index (χ4v) is 2.62. The lowest BCUT2D eigenvalue weighted by Crippen LogP contribution is -2.24. The van der Waals surface area contributed by atoms with Gasteiger partial charge in [0.25, 0.3) is 0 Å². The van der Waals surface area contributed by atoms with Gasteiger partial charge in [-0.3, -0.25) is 4.79 Å². The van der Waals surface area contributed by atoms with Crippen LogP contribution in [0.2, 0.25) is 0 Å². The van der Waals surface area contributed by atoms with E-state index in [1.165, 1.54) is 12.1 Å². The highest BCUT2D eigenvalue weighted by molar-refractivity contribution is 5.78. The lowest BCUT2D eigenvalue weighted by molar-refractivity contribution is -0.120. The summed E-state index contributed by atoms with van der Waals surface area (Å²) in [5.41, 5.74) is 3.50. The summed E-state index contributed by atoms with van der Waals surface area (Å²) in [6, 6.07) is 13.5. The molecule has 0 aliphatic heterocycles. The molecule has 0 atom stereocenters. The fraction of sp³-hybridized carbons (Fsp3) is 0.238. The molecule has 140 valence electrons. The molecule has 0 aliphatic rings. The van der Waals surface area contributed by atoms with E-state index in [2.05, 4.69) is 10.5 Å². The molecule has 1 amide bonds. The van der Waals surface area contributed by atoms with E-state index in [0.29, 0.717) is 18.9 Å². The number of hydrogen-bond donors (Lipinski definition) is 1. The average Bonchev–Trinajstić information content (AvgIpc) is 2.98. The van der Waals surface area contributed by atoms with Crippen molar-refractivity contribution in [2.24, 2.45) is 0 Å². The number of carbonyl (C=O) groups is 1. The number of amides is 1. The normalized spacial score (nSPS) is 10.6. The third-order valence-electron chi connectivity index (χ3n) is 4.26. The minimum atomic E-state index is -0.290. The molecule has 1 heterocycles. The zero-order valence-corrected chi connectivity index (χ0v) is 15.3. The SMILES string of the molecule is Cc1noc(C)c1COc1ccc(CC(=O)NCc2ccc(F)cc2)cc1. The van der Waals surface area contributed by atoms with Crippen molar-refractivity contribution in [1.82, 2.24) is 10.5 Å². The summed E-state index contributed by atoms with van der Waals surface area (Å²) in [4.78, 5) is 12.1. The Morgan fingerprint density at radius 3 is 2.37 bits per heavy atom. The molecule has 0 spiro atoms. The Kier molecular flexibility index (Phi) is 5.86. The van der Waals surface area contributed by atoms with Crippen molar-refractivity contribution in [3.63, 3.8) is 0 Å². The van der Waals surface area contributed by atoms with E-state index in [9.17, 15) is 9.18 Å². The highest BCUT2D eigenvalue weighted by Gasteiger charge is 2.10. The molecule has 1 N–H and O–H groups in total. The van der Waals surface area contributed by atoms with Crippen LogP contribution in [0.25, 0.3) is 0 Å². The van der Waals surface area contributed by atoms with Crippen LogP contribution in [0.1, 0.15) is 28.1 Å². The van der Waals surface area contributed by atoms with E-state index in [-0.39, 0.29) is 18.1 Å². The van der Waals surface area contributed by atoms with Crippen molar-refractivity contribution in [2.45, 2.75) is 33.4 Å². The zero-order valence-electron chi connectivity index (χ0n) is 15.3. The molecule has 0 aliphatic carbocycles. The van der Waals surface area contributed by atoms with Gasteiger partial charge in [-0.2, -0.15) is 0 Å². The van der Waals surface area contributed by atoms with Gasteiger partial charge in [-0.15, -0.1) is 0 Å². The smallest absolute Gasteiger partial charge is 0.224 e. The predicted molar refractivity (Wildman–Crippen MR) is 98.7 cm³/mol. The lowest BCUT2D eigenvalue weighted by atomic mass is 10.1. The standard InChI is InChI=1S/C21H21FN2O3/c1-14-20(15(2)27-24-14)13-26-19-9-5-16(6-10-19)11-21(25)23-12-17-3-7-18(22)8-4-17/h3-10H,11-13H2,1-2H3,(H,23,25). The molecule has 3 rings (SSSR count). The summed E-state index contributed by atoms with van der Waals surface area (Å²) in [5, 5.41) is 6.73. The van der Waals surface area contributed by atoms with Crippen LogP contribution in [0.15, 0.2) is 53.1 Å². The summed E-state index contributed by atoms with van der Waals surface area (Å²) >= 11 is 0. The second-order valence-corrected chi connectivity index (χ2v) is 6.32. The van der Waals surface area contributed by atoms with Crippen LogP contribution < -0.4 is 10.1 Å². The van der Waals surface area contributed by atoms with E-state index in [1.54, 1.807) is 12.1 Å². The molecule has 0 saturated heterocycles. The maximum absolute atomic E-state index is 12.9. The molecule has 0 bridgehead atoms. The monoisotopic (exact) mass is 368 g/mol. The summed E-state index contributed by atoms with van der Waals surface area (Å²) in [5.74, 6) is 1.08. The maximum Gasteiger partial charge on any atom is 0.224 e. The summed E-state index contributed by atoms with van der Waals surface area (Å²) < 4.78 is 23.7. The Bertz CT molecular complexity index is 883. The lowest BCUT2D eigenvalue weighted by Gasteiger charge is -2.08. The average molecular weight is 368 g/mol. The minimum Gasteiger partial charge on any atom is -0.489 e. The Morgan fingerprint density at radius 2 is 1.74 bits per heavy atom. The van der Waals surface area contributed by atoms with Crippen molar-refractivity contribution in [1.29, 1.82) is 0 Å². The third kappa shape index (κ3) is 5.17. The van der Waals surface area contributed by atoms with Gasteiger partial charge in [0.2, 0.25) is 5.91 Å². The van der Waals surface area contributed by atoms with Crippen LogP contribution in [-0.2, 0) is 24.4 Å². The first kappa shape index (κ1) is 18.6. The quantitative estimate of drug-likeness (QED) is 0.688. The van der Waals surface area contributed by atoms with Gasteiger partial charge >= 0.3 is 0 Å². The van der Waals surface area contributed by atoms with Gasteiger partial charge in [0.15, 0.2) is 0 Å². The summed E-state index contributed by atoms with van der Waals surface area (Å²) in [6.07, 6.45) is 0.269. The van der Waals surface area contributed by atoms with Crippen LogP contribution in [0.5, 0.6) is 5.75 Å². The van der Waals surface area contributed by atoms with Crippen LogP contribution in [0, 0.1) is 19.7 Å². The number of carbonyl (C=O) groups excluding carboxylic acids is 1. The van der Waals surface area contributed by atoms with Gasteiger partial charge < -0.3 is 14.6 Å². The Morgan fingerprint density at radius 1 is 1.07 bits per heavy atom. The topological polar surface area (TPSA) is 64.4 Å². The fourth-order valence-electron chi connectivity index (χ4n) is 2.62. The number of ether oxygens (including phenoxy) is 1. The molecule has 0 fully saturated rings. The van der Waals surface area contributed by atoms with E-state index < -0.39 is 0 Å². The number of benzene rings is 2. The highest BCUT2D eigenvalue weighted by atomic mass is 19.1. The van der Waals surface area contributed by atoms with Crippen molar-refractivity contribution in [3.05, 3.63) is 82.5 Å². The molecule has 3 aromatic rings. The second-order valence-electron chi connectivity index (χ2n) is 6.32. The first-order chi connectivity index (χ1) is 13.0. The van der Waals surface area contributed by atoms with Gasteiger partial charge in [0.05, 0.1) is 17.7 Å². The summed E-state index contributed by atoms with van der Waals surface area (Å²) in [7, 11) is 0. The number of hydrogen-bond acceptors (Lipinski definition) is 4. The number of rotatable bonds is 7. The van der Waals surface area contributed by atoms with Crippen LogP contribution in [-0.4, -0.2) is 11.1 Å². The first-order valence-electron chi connectivity index (χ1n) is 8.66. The van der Waals surface area contributed by atoms with Crippen LogP contribution >= 0.6 is 0 Å². The van der Waals surface area contributed by atoms with Gasteiger partial charge in [0, 0.05) is 6.54 Å². The van der Waals surface area contributed by atoms with Crippen molar-refractivity contribution in [2.75, 3.05) is 0 Å². The number of nitrogens with zero attached hydrogens (tertiary/aromatic N) is 1. The van der Waals surface area contributed by atoms with E-state index in [1.807, 2.05) is 38.1 Å². The minimum absolute atomic E-state index is 0.0938. The largest absolute Gasteiger partial charge is 0.489 e. The molecule has 0 saturated carbocycles. The van der Waals surface area contributed by atoms with E-state index >= 15 is 0 Å². The maximum atomic E-state index is 12.9. The molecule has 1 aromatic heterocycles. The van der Waals surface area contributed by atoms with Gasteiger partial charge in [-0.05, 0) is 49.2 Å². The van der Waals surface area contributed by atoms with E-state index in [4.69, 9.17) is 9.26 Å². The van der Waals surface area contributed by atoms with Gasteiger partial charge in [0.1, 0.15) is 23.9 Å². The Balaban J connectivity index is 1.48. The molecule has 6 heteroatoms. The predicted octanol–water partition coefficient (Wildman–Crippen LogP) is 3.87. The van der Waals surface area contributed by atoms with E-state index in [0.717, 1.165) is 28.1 Å². The number of nitrogens with one attached hydrogen (secondary N) is 1. The Labute approximate surface area is 157 Å². The number of aryl methyl sites for hydroxylation is 2. The zero-order chi connectivity index (χ0) is 19.2. The van der Waals surface area contributed by atoms with Crippen LogP contribution in [0.3, 0.4) is 0 Å². The number of aromatic nitrogens is 1. The summed E-state index contributed by atoms with van der Waals surface area (Å²) in [6.45, 7) is 4.49. The van der Waals surface area contributed by atoms with Crippen molar-refractivity contribution < 1.29 is 18.4 Å². The molecule has 2 aromatic carbocycles. The molecule has 0 radical (unpaired) electrons. The number of halogens is 1. The van der Waals surface area contributed by atoms with Crippen molar-refractivity contribution >= 4 is 5.91 Å². The van der Waals surface area contributed by atoms with Gasteiger partial charge in [-0.25, -0.2) is 4.39 Å². The molecule has 27 heavy (non-hydrogen) atoms. The molecule has 5 nitrogen and oxygen atoms in total. The highest BCUT2D eigenvalue weighted by Crippen LogP contribution is 2.18. The molecular formula is C21H21FN2O3.